The van der Waals surface area contributed by atoms with Crippen LogP contribution in [0.1, 0.15) is 24.0 Å². The second kappa shape index (κ2) is 8.11. The number of hydrogen-bond acceptors (Lipinski definition) is 6. The van der Waals surface area contributed by atoms with Crippen molar-refractivity contribution in [2.45, 2.75) is 12.8 Å². The van der Waals surface area contributed by atoms with Gasteiger partial charge in [-0.15, -0.1) is 0 Å². The van der Waals surface area contributed by atoms with E-state index in [9.17, 15) is 10.1 Å². The summed E-state index contributed by atoms with van der Waals surface area (Å²) in [5.74, 6) is -0.0907. The predicted octanol–water partition coefficient (Wildman–Crippen LogP) is 3.24. The first-order valence-electron chi connectivity index (χ1n) is 6.50. The molecule has 0 fully saturated rings. The zero-order valence-corrected chi connectivity index (χ0v) is 13.3. The number of benzene rings is 2. The van der Waals surface area contributed by atoms with Crippen LogP contribution in [0.15, 0.2) is 48.5 Å². The van der Waals surface area contributed by atoms with E-state index in [4.69, 9.17) is 22.9 Å². The third-order valence-electron chi connectivity index (χ3n) is 3.11. The Morgan fingerprint density at radius 2 is 1.71 bits per heavy atom. The third-order valence-corrected chi connectivity index (χ3v) is 3.11. The monoisotopic (exact) mass is 351 g/mol. The fraction of sp³-hybridized carbons (Fsp3) is 0.143. The van der Waals surface area contributed by atoms with Gasteiger partial charge in [-0.25, -0.2) is 8.42 Å². The molecule has 0 aliphatic heterocycles. The molecule has 0 amide bonds. The molecule has 9 nitrogen and oxygen atoms in total. The molecule has 0 saturated carbocycles. The maximum absolute atomic E-state index is 10.9. The molecule has 0 heterocycles. The minimum Gasteiger partial charge on any atom is -0.726 e. The van der Waals surface area contributed by atoms with Gasteiger partial charge in [-0.1, -0.05) is 43.3 Å². The smallest absolute Gasteiger partial charge is 0.464 e. The molecule has 0 aromatic heterocycles. The van der Waals surface area contributed by atoms with Gasteiger partial charge in [0.2, 0.25) is 15.8 Å². The summed E-state index contributed by atoms with van der Waals surface area (Å²) in [6.45, 7) is 1.92. The molecule has 1 atom stereocenters. The summed E-state index contributed by atoms with van der Waals surface area (Å²) in [4.78, 5) is 13.5. The summed E-state index contributed by atoms with van der Waals surface area (Å²) in [7, 11) is -4.92. The Bertz CT molecular complexity index is 854. The van der Waals surface area contributed by atoms with Crippen molar-refractivity contribution < 1.29 is 22.4 Å². The lowest BCUT2D eigenvalue weighted by Crippen LogP contribution is -1.98. The number of rotatable bonds is 3. The van der Waals surface area contributed by atoms with Crippen molar-refractivity contribution in [3.63, 3.8) is 0 Å². The van der Waals surface area contributed by atoms with Gasteiger partial charge in [0.05, 0.1) is 10.5 Å². The molecule has 0 spiro atoms. The van der Waals surface area contributed by atoms with Gasteiger partial charge in [-0.05, 0) is 11.6 Å². The minimum absolute atomic E-state index is 0.0175. The van der Waals surface area contributed by atoms with Gasteiger partial charge in [0, 0.05) is 12.0 Å². The van der Waals surface area contributed by atoms with Gasteiger partial charge >= 0.3 is 11.4 Å². The van der Waals surface area contributed by atoms with E-state index in [1.54, 1.807) is 12.1 Å². The average Bonchev–Trinajstić information content (AvgIpc) is 2.52. The number of nitro groups is 1. The lowest BCUT2D eigenvalue weighted by molar-refractivity contribution is -0.383. The highest BCUT2D eigenvalue weighted by Crippen LogP contribution is 2.38. The lowest BCUT2D eigenvalue weighted by atomic mass is 9.91. The molecule has 2 rings (SSSR count). The molecule has 1 unspecified atom stereocenters. The first-order valence-corrected chi connectivity index (χ1v) is 7.87. The van der Waals surface area contributed by atoms with E-state index in [2.05, 4.69) is 4.98 Å². The third kappa shape index (κ3) is 5.73. The topological polar surface area (TPSA) is 149 Å². The van der Waals surface area contributed by atoms with Gasteiger partial charge in [0.1, 0.15) is 0 Å². The minimum atomic E-state index is -4.92. The van der Waals surface area contributed by atoms with Crippen LogP contribution in [0.25, 0.3) is 4.98 Å². The van der Waals surface area contributed by atoms with E-state index >= 15 is 0 Å². The van der Waals surface area contributed by atoms with Crippen molar-refractivity contribution in [3.8, 4) is 0 Å². The molecule has 0 saturated heterocycles. The standard InChI is InChI=1S/C14H12N3O2.H2O4S/c1-10(11-6-3-2-4-7-11)12-8-5-9-13(17(18)19)14(12)16-15;1-5(2,3)4/h2-10H,1H3;(H2,1,2,3,4)/q+1;/p-1. The normalized spacial score (nSPS) is 11.6. The maximum Gasteiger partial charge on any atom is 0.464 e. The molecular formula is C14H13N3O6S. The van der Waals surface area contributed by atoms with Crippen molar-refractivity contribution in [2.24, 2.45) is 0 Å². The molecule has 10 heteroatoms. The van der Waals surface area contributed by atoms with E-state index in [-0.39, 0.29) is 17.3 Å². The highest BCUT2D eigenvalue weighted by atomic mass is 32.3. The van der Waals surface area contributed by atoms with Crippen LogP contribution in [0.2, 0.25) is 0 Å². The van der Waals surface area contributed by atoms with Crippen molar-refractivity contribution in [1.29, 1.82) is 5.39 Å². The Kier molecular flexibility index (Phi) is 6.48. The van der Waals surface area contributed by atoms with Crippen LogP contribution >= 0.6 is 0 Å². The van der Waals surface area contributed by atoms with Crippen LogP contribution in [-0.2, 0) is 10.4 Å². The van der Waals surface area contributed by atoms with Crippen molar-refractivity contribution >= 4 is 21.8 Å². The summed E-state index contributed by atoms with van der Waals surface area (Å²) in [6, 6.07) is 14.2. The Hall–Kier alpha value is -2.87. The zero-order valence-electron chi connectivity index (χ0n) is 12.4. The Morgan fingerprint density at radius 3 is 2.17 bits per heavy atom. The molecule has 2 aromatic rings. The summed E-state index contributed by atoms with van der Waals surface area (Å²) in [5, 5.41) is 20.0. The van der Waals surface area contributed by atoms with Crippen molar-refractivity contribution in [1.82, 2.24) is 0 Å². The van der Waals surface area contributed by atoms with Crippen molar-refractivity contribution in [3.05, 3.63) is 74.7 Å². The van der Waals surface area contributed by atoms with Crippen LogP contribution in [0.5, 0.6) is 0 Å². The van der Waals surface area contributed by atoms with E-state index in [0.717, 1.165) is 5.56 Å². The Morgan fingerprint density at radius 1 is 1.17 bits per heavy atom. The summed E-state index contributed by atoms with van der Waals surface area (Å²) in [6.07, 6.45) is 0. The lowest BCUT2D eigenvalue weighted by Gasteiger charge is -2.09. The van der Waals surface area contributed by atoms with Crippen LogP contribution in [-0.4, -0.2) is 22.4 Å². The van der Waals surface area contributed by atoms with Crippen LogP contribution < -0.4 is 0 Å². The highest BCUT2D eigenvalue weighted by molar-refractivity contribution is 7.79. The molecule has 24 heavy (non-hydrogen) atoms. The van der Waals surface area contributed by atoms with E-state index in [1.165, 1.54) is 6.07 Å². The maximum atomic E-state index is 10.9. The second-order valence-electron chi connectivity index (χ2n) is 4.63. The van der Waals surface area contributed by atoms with Gasteiger partial charge in [-0.3, -0.25) is 14.7 Å². The number of diazo groups is 1. The summed E-state index contributed by atoms with van der Waals surface area (Å²) < 4.78 is 32.8. The highest BCUT2D eigenvalue weighted by Gasteiger charge is 2.31. The Labute approximate surface area is 137 Å². The van der Waals surface area contributed by atoms with Gasteiger partial charge in [-0.2, -0.15) is 0 Å². The molecule has 0 aliphatic rings. The number of nitrogens with zero attached hydrogens (tertiary/aromatic N) is 3. The van der Waals surface area contributed by atoms with Crippen LogP contribution in [0, 0.1) is 15.5 Å². The van der Waals surface area contributed by atoms with E-state index in [1.807, 2.05) is 37.3 Å². The quantitative estimate of drug-likeness (QED) is 0.293. The van der Waals surface area contributed by atoms with E-state index < -0.39 is 15.3 Å². The molecule has 0 radical (unpaired) electrons. The van der Waals surface area contributed by atoms with Gasteiger partial charge in [0.25, 0.3) is 0 Å². The summed E-state index contributed by atoms with van der Waals surface area (Å²) in [5.41, 5.74) is 1.46. The first kappa shape index (κ1) is 19.2. The molecule has 126 valence electrons. The van der Waals surface area contributed by atoms with E-state index in [0.29, 0.717) is 5.56 Å². The van der Waals surface area contributed by atoms with Crippen molar-refractivity contribution in [2.75, 3.05) is 0 Å². The average molecular weight is 351 g/mol. The van der Waals surface area contributed by atoms with Crippen LogP contribution in [0.3, 0.4) is 0 Å². The Balaban J connectivity index is 0.000000505. The first-order chi connectivity index (χ1) is 11.1. The fourth-order valence-electron chi connectivity index (χ4n) is 2.08. The second-order valence-corrected chi connectivity index (χ2v) is 5.49. The molecule has 0 bridgehead atoms. The predicted molar refractivity (Wildman–Crippen MR) is 84.1 cm³/mol. The summed E-state index contributed by atoms with van der Waals surface area (Å²) >= 11 is 0. The van der Waals surface area contributed by atoms with Gasteiger partial charge in [0.15, 0.2) is 4.98 Å². The SMILES string of the molecule is CC(c1ccccc1)c1cccc([N+](=O)[O-])c1[N+]#N.O=S(=O)([O-])O. The zero-order chi connectivity index (χ0) is 18.3. The largest absolute Gasteiger partial charge is 0.726 e. The van der Waals surface area contributed by atoms with Crippen LogP contribution in [0.4, 0.5) is 11.4 Å². The molecular weight excluding hydrogens is 338 g/mol. The molecule has 1 N–H and O–H groups in total. The number of hydrogen-bond donors (Lipinski definition) is 1. The number of nitro benzene ring substituents is 1. The fourth-order valence-corrected chi connectivity index (χ4v) is 2.08. The molecule has 0 aliphatic carbocycles. The van der Waals surface area contributed by atoms with Gasteiger partial charge < -0.3 is 4.55 Å². The molecule has 2 aromatic carbocycles.